The molecular weight excluding hydrogens is 210 g/mol. The zero-order chi connectivity index (χ0) is 12.3. The lowest BCUT2D eigenvalue weighted by molar-refractivity contribution is 0.509. The van der Waals surface area contributed by atoms with Crippen LogP contribution in [0.2, 0.25) is 0 Å². The van der Waals surface area contributed by atoms with E-state index in [0.29, 0.717) is 0 Å². The Kier molecular flexibility index (Phi) is 3.27. The molecule has 1 aromatic carbocycles. The summed E-state index contributed by atoms with van der Waals surface area (Å²) in [6, 6.07) is 8.18. The Hall–Kier alpha value is -1.64. The molecule has 0 aliphatic heterocycles. The number of aromatic nitrogens is 2. The predicted molar refractivity (Wildman–Crippen MR) is 72.1 cm³/mol. The van der Waals surface area contributed by atoms with Gasteiger partial charge in [0.1, 0.15) is 0 Å². The van der Waals surface area contributed by atoms with Crippen molar-refractivity contribution in [2.24, 2.45) is 0 Å². The lowest BCUT2D eigenvalue weighted by atomic mass is 9.98. The van der Waals surface area contributed by atoms with E-state index in [2.05, 4.69) is 48.4 Å². The van der Waals surface area contributed by atoms with Gasteiger partial charge in [0.15, 0.2) is 5.82 Å². The Labute approximate surface area is 102 Å². The van der Waals surface area contributed by atoms with E-state index >= 15 is 0 Å². The van der Waals surface area contributed by atoms with E-state index in [-0.39, 0.29) is 5.54 Å². The first-order valence-electron chi connectivity index (χ1n) is 6.11. The van der Waals surface area contributed by atoms with Crippen molar-refractivity contribution >= 4 is 16.6 Å². The number of fused-ring (bicyclic) bond motifs is 1. The van der Waals surface area contributed by atoms with E-state index in [1.165, 1.54) is 0 Å². The molecule has 0 saturated carbocycles. The second kappa shape index (κ2) is 4.70. The van der Waals surface area contributed by atoms with E-state index in [4.69, 9.17) is 0 Å². The molecule has 1 heterocycles. The summed E-state index contributed by atoms with van der Waals surface area (Å²) in [5, 5.41) is 14.0. The van der Waals surface area contributed by atoms with Crippen LogP contribution < -0.4 is 5.32 Å². The average Bonchev–Trinajstić information content (AvgIpc) is 2.29. The summed E-state index contributed by atoms with van der Waals surface area (Å²) < 4.78 is 0. The summed E-state index contributed by atoms with van der Waals surface area (Å²) in [4.78, 5) is 0. The van der Waals surface area contributed by atoms with Crippen LogP contribution in [0.5, 0.6) is 0 Å². The third kappa shape index (κ3) is 2.73. The highest BCUT2D eigenvalue weighted by Gasteiger charge is 2.17. The molecule has 0 aliphatic carbocycles. The summed E-state index contributed by atoms with van der Waals surface area (Å²) >= 11 is 0. The Morgan fingerprint density at radius 3 is 2.76 bits per heavy atom. The zero-order valence-electron chi connectivity index (χ0n) is 10.7. The van der Waals surface area contributed by atoms with E-state index in [1.807, 2.05) is 12.1 Å². The molecule has 0 amide bonds. The Bertz CT molecular complexity index is 500. The van der Waals surface area contributed by atoms with Crippen LogP contribution in [-0.4, -0.2) is 15.7 Å². The number of nitrogens with one attached hydrogen (secondary N) is 1. The molecule has 0 bridgehead atoms. The fourth-order valence-electron chi connectivity index (χ4n) is 2.13. The molecule has 1 N–H and O–H groups in total. The minimum Gasteiger partial charge on any atom is -0.363 e. The van der Waals surface area contributed by atoms with Gasteiger partial charge in [0, 0.05) is 16.3 Å². The monoisotopic (exact) mass is 229 g/mol. The minimum atomic E-state index is 0.0492. The van der Waals surface area contributed by atoms with Gasteiger partial charge < -0.3 is 5.32 Å². The topological polar surface area (TPSA) is 37.8 Å². The zero-order valence-corrected chi connectivity index (χ0v) is 10.7. The summed E-state index contributed by atoms with van der Waals surface area (Å²) in [6.45, 7) is 6.58. The first-order chi connectivity index (χ1) is 8.12. The smallest absolute Gasteiger partial charge is 0.156 e. The van der Waals surface area contributed by atoms with Crippen LogP contribution in [0.4, 0.5) is 5.82 Å². The van der Waals surface area contributed by atoms with Crippen molar-refractivity contribution in [1.29, 1.82) is 0 Å². The molecule has 0 atom stereocenters. The maximum Gasteiger partial charge on any atom is 0.156 e. The number of benzene rings is 1. The van der Waals surface area contributed by atoms with E-state index in [9.17, 15) is 0 Å². The quantitative estimate of drug-likeness (QED) is 0.870. The molecule has 3 nitrogen and oxygen atoms in total. The Balaban J connectivity index is 2.36. The number of anilines is 1. The van der Waals surface area contributed by atoms with Crippen molar-refractivity contribution in [3.05, 3.63) is 30.5 Å². The second-order valence-corrected chi connectivity index (χ2v) is 5.04. The SMILES string of the molecule is CCCC(C)(C)Nc1nncc2ccccc12. The number of nitrogens with zero attached hydrogens (tertiary/aromatic N) is 2. The van der Waals surface area contributed by atoms with Crippen molar-refractivity contribution in [2.75, 3.05) is 5.32 Å². The van der Waals surface area contributed by atoms with Gasteiger partial charge in [-0.3, -0.25) is 0 Å². The number of hydrogen-bond acceptors (Lipinski definition) is 3. The van der Waals surface area contributed by atoms with Crippen molar-refractivity contribution in [3.8, 4) is 0 Å². The fourth-order valence-corrected chi connectivity index (χ4v) is 2.13. The molecule has 17 heavy (non-hydrogen) atoms. The highest BCUT2D eigenvalue weighted by molar-refractivity contribution is 5.91. The molecule has 2 aromatic rings. The lowest BCUT2D eigenvalue weighted by Crippen LogP contribution is -2.31. The predicted octanol–water partition coefficient (Wildman–Crippen LogP) is 3.62. The molecule has 0 saturated heterocycles. The fraction of sp³-hybridized carbons (Fsp3) is 0.429. The molecule has 3 heteroatoms. The van der Waals surface area contributed by atoms with Gasteiger partial charge >= 0.3 is 0 Å². The lowest BCUT2D eigenvalue weighted by Gasteiger charge is -2.26. The molecule has 0 fully saturated rings. The minimum absolute atomic E-state index is 0.0492. The van der Waals surface area contributed by atoms with Gasteiger partial charge in [0.25, 0.3) is 0 Å². The van der Waals surface area contributed by atoms with E-state index < -0.39 is 0 Å². The first-order valence-corrected chi connectivity index (χ1v) is 6.11. The van der Waals surface area contributed by atoms with Crippen molar-refractivity contribution in [1.82, 2.24) is 10.2 Å². The van der Waals surface area contributed by atoms with Gasteiger partial charge in [0.05, 0.1) is 6.20 Å². The van der Waals surface area contributed by atoms with Crippen molar-refractivity contribution < 1.29 is 0 Å². The van der Waals surface area contributed by atoms with Gasteiger partial charge in [-0.15, -0.1) is 5.10 Å². The maximum absolute atomic E-state index is 4.21. The van der Waals surface area contributed by atoms with Crippen LogP contribution in [0.25, 0.3) is 10.8 Å². The summed E-state index contributed by atoms with van der Waals surface area (Å²) in [5.41, 5.74) is 0.0492. The second-order valence-electron chi connectivity index (χ2n) is 5.04. The van der Waals surface area contributed by atoms with Crippen LogP contribution in [0, 0.1) is 0 Å². The summed E-state index contributed by atoms with van der Waals surface area (Å²) in [5.74, 6) is 0.876. The molecule has 0 aliphatic rings. The molecule has 0 unspecified atom stereocenters. The maximum atomic E-state index is 4.21. The molecule has 0 radical (unpaired) electrons. The van der Waals surface area contributed by atoms with Gasteiger partial charge in [-0.1, -0.05) is 37.6 Å². The largest absolute Gasteiger partial charge is 0.363 e. The summed E-state index contributed by atoms with van der Waals surface area (Å²) in [6.07, 6.45) is 4.06. The highest BCUT2D eigenvalue weighted by atomic mass is 15.2. The van der Waals surface area contributed by atoms with Crippen LogP contribution in [0.3, 0.4) is 0 Å². The van der Waals surface area contributed by atoms with Gasteiger partial charge in [-0.2, -0.15) is 5.10 Å². The van der Waals surface area contributed by atoms with Gasteiger partial charge in [-0.25, -0.2) is 0 Å². The molecule has 1 aromatic heterocycles. The van der Waals surface area contributed by atoms with Crippen LogP contribution in [0.1, 0.15) is 33.6 Å². The molecular formula is C14H19N3. The van der Waals surface area contributed by atoms with Crippen LogP contribution in [0.15, 0.2) is 30.5 Å². The van der Waals surface area contributed by atoms with Gasteiger partial charge in [0.2, 0.25) is 0 Å². The van der Waals surface area contributed by atoms with Crippen molar-refractivity contribution in [2.45, 2.75) is 39.2 Å². The molecule has 90 valence electrons. The van der Waals surface area contributed by atoms with Gasteiger partial charge in [-0.05, 0) is 20.3 Å². The normalized spacial score (nSPS) is 11.7. The van der Waals surface area contributed by atoms with Crippen LogP contribution in [-0.2, 0) is 0 Å². The number of hydrogen-bond donors (Lipinski definition) is 1. The van der Waals surface area contributed by atoms with E-state index in [1.54, 1.807) is 6.20 Å². The third-order valence-electron chi connectivity index (χ3n) is 2.90. The Morgan fingerprint density at radius 2 is 2.00 bits per heavy atom. The third-order valence-corrected chi connectivity index (χ3v) is 2.90. The van der Waals surface area contributed by atoms with Crippen LogP contribution >= 0.6 is 0 Å². The highest BCUT2D eigenvalue weighted by Crippen LogP contribution is 2.24. The van der Waals surface area contributed by atoms with Crippen molar-refractivity contribution in [3.63, 3.8) is 0 Å². The number of rotatable bonds is 4. The first kappa shape index (κ1) is 11.8. The molecule has 0 spiro atoms. The molecule has 2 rings (SSSR count). The average molecular weight is 229 g/mol. The standard InChI is InChI=1S/C14H19N3/c1-4-9-14(2,3)16-13-12-8-6-5-7-11(12)10-15-17-13/h5-8,10H,4,9H2,1-3H3,(H,16,17). The van der Waals surface area contributed by atoms with E-state index in [0.717, 1.165) is 29.4 Å². The Morgan fingerprint density at radius 1 is 1.24 bits per heavy atom. The summed E-state index contributed by atoms with van der Waals surface area (Å²) in [7, 11) is 0.